The lowest BCUT2D eigenvalue weighted by molar-refractivity contribution is 0.281. The Kier molecular flexibility index (Phi) is 2.68. The lowest BCUT2D eigenvalue weighted by Gasteiger charge is -2.05. The van der Waals surface area contributed by atoms with Crippen LogP contribution in [-0.2, 0) is 6.61 Å². The van der Waals surface area contributed by atoms with Gasteiger partial charge in [0.15, 0.2) is 0 Å². The number of rotatable bonds is 1. The van der Waals surface area contributed by atoms with Gasteiger partial charge in [-0.2, -0.15) is 0 Å². The summed E-state index contributed by atoms with van der Waals surface area (Å²) in [4.78, 5) is 0. The topological polar surface area (TPSA) is 20.2 Å². The summed E-state index contributed by atoms with van der Waals surface area (Å²) in [5, 5.41) is 8.91. The quantitative estimate of drug-likeness (QED) is 0.763. The Bertz CT molecular complexity index is 269. The first-order chi connectivity index (χ1) is 5.15. The molecule has 0 spiro atoms. The van der Waals surface area contributed by atoms with Gasteiger partial charge in [0.05, 0.1) is 6.61 Å². The third kappa shape index (κ3) is 1.82. The van der Waals surface area contributed by atoms with E-state index in [1.807, 2.05) is 19.9 Å². The molecular formula is C9H11BrO. The number of hydrogen-bond donors (Lipinski definition) is 1. The standard InChI is InChI=1S/C9H11BrO/c1-6-3-7(2)9(10)4-8(6)5-11/h3-4,11H,5H2,1-2H3. The van der Waals surface area contributed by atoms with Crippen LogP contribution in [0.15, 0.2) is 16.6 Å². The van der Waals surface area contributed by atoms with Gasteiger partial charge in [-0.1, -0.05) is 22.0 Å². The van der Waals surface area contributed by atoms with E-state index in [2.05, 4.69) is 22.0 Å². The number of aryl methyl sites for hydroxylation is 2. The second-order valence-electron chi connectivity index (χ2n) is 2.69. The summed E-state index contributed by atoms with van der Waals surface area (Å²) < 4.78 is 1.06. The largest absolute Gasteiger partial charge is 0.392 e. The van der Waals surface area contributed by atoms with Gasteiger partial charge in [-0.3, -0.25) is 0 Å². The molecule has 1 rings (SSSR count). The van der Waals surface area contributed by atoms with E-state index < -0.39 is 0 Å². The first kappa shape index (κ1) is 8.75. The van der Waals surface area contributed by atoms with Crippen molar-refractivity contribution in [2.24, 2.45) is 0 Å². The molecule has 0 aromatic heterocycles. The minimum atomic E-state index is 0.116. The third-order valence-electron chi connectivity index (χ3n) is 1.79. The molecule has 0 amide bonds. The second-order valence-corrected chi connectivity index (χ2v) is 3.54. The maximum atomic E-state index is 8.91. The Morgan fingerprint density at radius 1 is 1.27 bits per heavy atom. The van der Waals surface area contributed by atoms with E-state index in [0.29, 0.717) is 0 Å². The lowest BCUT2D eigenvalue weighted by atomic mass is 10.1. The molecule has 0 bridgehead atoms. The SMILES string of the molecule is Cc1cc(C)c(CO)cc1Br. The summed E-state index contributed by atoms with van der Waals surface area (Å²) in [7, 11) is 0. The van der Waals surface area contributed by atoms with Gasteiger partial charge >= 0.3 is 0 Å². The summed E-state index contributed by atoms with van der Waals surface area (Å²) in [6.45, 7) is 4.16. The summed E-state index contributed by atoms with van der Waals surface area (Å²) in [6, 6.07) is 4.03. The van der Waals surface area contributed by atoms with Crippen LogP contribution in [0.1, 0.15) is 16.7 Å². The third-order valence-corrected chi connectivity index (χ3v) is 2.64. The molecule has 0 atom stereocenters. The van der Waals surface area contributed by atoms with Crippen molar-refractivity contribution in [3.05, 3.63) is 33.3 Å². The number of benzene rings is 1. The van der Waals surface area contributed by atoms with Crippen LogP contribution >= 0.6 is 15.9 Å². The van der Waals surface area contributed by atoms with Crippen LogP contribution in [0, 0.1) is 13.8 Å². The first-order valence-electron chi connectivity index (χ1n) is 3.51. The molecule has 1 N–H and O–H groups in total. The van der Waals surface area contributed by atoms with Crippen LogP contribution in [0.4, 0.5) is 0 Å². The Balaban J connectivity index is 3.21. The molecule has 1 aromatic rings. The highest BCUT2D eigenvalue weighted by Crippen LogP contribution is 2.20. The molecular weight excluding hydrogens is 204 g/mol. The van der Waals surface area contributed by atoms with E-state index in [9.17, 15) is 0 Å². The van der Waals surface area contributed by atoms with E-state index in [4.69, 9.17) is 5.11 Å². The fraction of sp³-hybridized carbons (Fsp3) is 0.333. The molecule has 0 aliphatic carbocycles. The van der Waals surface area contributed by atoms with Crippen LogP contribution in [-0.4, -0.2) is 5.11 Å². The van der Waals surface area contributed by atoms with Crippen LogP contribution < -0.4 is 0 Å². The molecule has 60 valence electrons. The van der Waals surface area contributed by atoms with E-state index in [0.717, 1.165) is 15.6 Å². The molecule has 2 heteroatoms. The number of hydrogen-bond acceptors (Lipinski definition) is 1. The van der Waals surface area contributed by atoms with Crippen molar-refractivity contribution in [1.29, 1.82) is 0 Å². The smallest absolute Gasteiger partial charge is 0.0684 e. The van der Waals surface area contributed by atoms with Crippen LogP contribution in [0.2, 0.25) is 0 Å². The first-order valence-corrected chi connectivity index (χ1v) is 4.31. The Hall–Kier alpha value is -0.340. The fourth-order valence-corrected chi connectivity index (χ4v) is 1.43. The highest BCUT2D eigenvalue weighted by molar-refractivity contribution is 9.10. The molecule has 1 nitrogen and oxygen atoms in total. The van der Waals surface area contributed by atoms with Gasteiger partial charge in [0.2, 0.25) is 0 Å². The van der Waals surface area contributed by atoms with Gasteiger partial charge in [-0.25, -0.2) is 0 Å². The number of halogens is 1. The zero-order valence-corrected chi connectivity index (χ0v) is 8.27. The Labute approximate surface area is 75.2 Å². The maximum Gasteiger partial charge on any atom is 0.0684 e. The van der Waals surface area contributed by atoms with Gasteiger partial charge in [0, 0.05) is 4.47 Å². The average molecular weight is 215 g/mol. The molecule has 0 aliphatic heterocycles. The Morgan fingerprint density at radius 3 is 2.45 bits per heavy atom. The minimum absolute atomic E-state index is 0.116. The summed E-state index contributed by atoms with van der Waals surface area (Å²) in [5.41, 5.74) is 3.34. The van der Waals surface area contributed by atoms with Crippen molar-refractivity contribution in [3.63, 3.8) is 0 Å². The Morgan fingerprint density at radius 2 is 1.91 bits per heavy atom. The van der Waals surface area contributed by atoms with Gasteiger partial charge in [0.1, 0.15) is 0 Å². The van der Waals surface area contributed by atoms with Gasteiger partial charge in [0.25, 0.3) is 0 Å². The van der Waals surface area contributed by atoms with Crippen molar-refractivity contribution >= 4 is 15.9 Å². The van der Waals surface area contributed by atoms with Crippen LogP contribution in [0.5, 0.6) is 0 Å². The van der Waals surface area contributed by atoms with E-state index in [1.165, 1.54) is 5.56 Å². The molecule has 0 heterocycles. The van der Waals surface area contributed by atoms with E-state index in [-0.39, 0.29) is 6.61 Å². The highest BCUT2D eigenvalue weighted by atomic mass is 79.9. The molecule has 11 heavy (non-hydrogen) atoms. The maximum absolute atomic E-state index is 8.91. The highest BCUT2D eigenvalue weighted by Gasteiger charge is 2.00. The molecule has 0 radical (unpaired) electrons. The van der Waals surface area contributed by atoms with Crippen molar-refractivity contribution in [1.82, 2.24) is 0 Å². The summed E-state index contributed by atoms with van der Waals surface area (Å²) in [6.07, 6.45) is 0. The molecule has 0 aliphatic rings. The van der Waals surface area contributed by atoms with Crippen molar-refractivity contribution in [3.8, 4) is 0 Å². The monoisotopic (exact) mass is 214 g/mol. The fourth-order valence-electron chi connectivity index (χ4n) is 1.04. The molecule has 1 aromatic carbocycles. The molecule has 0 saturated carbocycles. The predicted octanol–water partition coefficient (Wildman–Crippen LogP) is 2.56. The number of aliphatic hydroxyl groups is 1. The molecule has 0 saturated heterocycles. The van der Waals surface area contributed by atoms with Crippen molar-refractivity contribution in [2.75, 3.05) is 0 Å². The second kappa shape index (κ2) is 3.37. The average Bonchev–Trinajstić information content (AvgIpc) is 1.97. The lowest BCUT2D eigenvalue weighted by Crippen LogP contribution is -1.90. The zero-order valence-electron chi connectivity index (χ0n) is 6.69. The summed E-state index contributed by atoms with van der Waals surface area (Å²) in [5.74, 6) is 0. The molecule has 0 fully saturated rings. The van der Waals surface area contributed by atoms with Crippen LogP contribution in [0.25, 0.3) is 0 Å². The number of aliphatic hydroxyl groups excluding tert-OH is 1. The van der Waals surface area contributed by atoms with Crippen molar-refractivity contribution in [2.45, 2.75) is 20.5 Å². The van der Waals surface area contributed by atoms with Gasteiger partial charge < -0.3 is 5.11 Å². The molecule has 0 unspecified atom stereocenters. The van der Waals surface area contributed by atoms with Crippen molar-refractivity contribution < 1.29 is 5.11 Å². The normalized spacial score (nSPS) is 10.2. The van der Waals surface area contributed by atoms with E-state index >= 15 is 0 Å². The van der Waals surface area contributed by atoms with Gasteiger partial charge in [-0.05, 0) is 36.6 Å². The zero-order chi connectivity index (χ0) is 8.43. The predicted molar refractivity (Wildman–Crippen MR) is 49.5 cm³/mol. The van der Waals surface area contributed by atoms with Crippen LogP contribution in [0.3, 0.4) is 0 Å². The summed E-state index contributed by atoms with van der Waals surface area (Å²) >= 11 is 3.41. The van der Waals surface area contributed by atoms with E-state index in [1.54, 1.807) is 0 Å². The van der Waals surface area contributed by atoms with Gasteiger partial charge in [-0.15, -0.1) is 0 Å². The minimum Gasteiger partial charge on any atom is -0.392 e.